The fraction of sp³-hybridized carbons (Fsp3) is 0.450. The maximum absolute atomic E-state index is 12.8. The van der Waals surface area contributed by atoms with Crippen LogP contribution in [0.3, 0.4) is 0 Å². The number of rotatable bonds is 6. The Bertz CT molecular complexity index is 858. The van der Waals surface area contributed by atoms with Gasteiger partial charge < -0.3 is 9.88 Å². The van der Waals surface area contributed by atoms with E-state index in [-0.39, 0.29) is 17.7 Å². The molecule has 1 aliphatic heterocycles. The molecule has 0 spiro atoms. The normalized spacial score (nSPS) is 17.7. The highest BCUT2D eigenvalue weighted by Crippen LogP contribution is 2.26. The topological polar surface area (TPSA) is 71.4 Å². The van der Waals surface area contributed by atoms with Crippen molar-refractivity contribution in [3.05, 3.63) is 48.8 Å². The highest BCUT2D eigenvalue weighted by atomic mass is 32.2. The zero-order valence-electron chi connectivity index (χ0n) is 15.8. The number of carbonyl (C=O) groups excluding carboxylic acids is 1. The summed E-state index contributed by atoms with van der Waals surface area (Å²) in [7, 11) is -3.23. The monoisotopic (exact) mass is 389 g/mol. The Hall–Kier alpha value is -2.28. The second-order valence-electron chi connectivity index (χ2n) is 7.41. The quantitative estimate of drug-likeness (QED) is 0.820. The Labute approximate surface area is 161 Å². The number of nitrogens with one attached hydrogen (secondary N) is 1. The third-order valence-electron chi connectivity index (χ3n) is 4.76. The summed E-state index contributed by atoms with van der Waals surface area (Å²) in [5, 5.41) is 2.96. The van der Waals surface area contributed by atoms with Crippen LogP contribution in [0.4, 0.5) is 11.4 Å². The maximum atomic E-state index is 12.8. The number of anilines is 2. The molecule has 0 unspecified atom stereocenters. The van der Waals surface area contributed by atoms with Crippen molar-refractivity contribution in [2.45, 2.75) is 39.2 Å². The Kier molecular flexibility index (Phi) is 5.89. The summed E-state index contributed by atoms with van der Waals surface area (Å²) in [6, 6.07) is 10.6. The van der Waals surface area contributed by atoms with E-state index in [0.717, 1.165) is 12.8 Å². The average molecular weight is 390 g/mol. The molecule has 7 heteroatoms. The van der Waals surface area contributed by atoms with Crippen molar-refractivity contribution in [3.8, 4) is 0 Å². The molecule has 3 rings (SSSR count). The number of hydrogen-bond donors (Lipinski definition) is 1. The number of nitrogens with zero attached hydrogens (tertiary/aromatic N) is 2. The molecule has 0 radical (unpaired) electrons. The molecule has 1 N–H and O–H groups in total. The molecule has 1 aromatic carbocycles. The Morgan fingerprint density at radius 2 is 1.78 bits per heavy atom. The Balaban J connectivity index is 1.72. The van der Waals surface area contributed by atoms with Gasteiger partial charge in [-0.05, 0) is 61.6 Å². The highest BCUT2D eigenvalue weighted by Gasteiger charge is 2.26. The van der Waals surface area contributed by atoms with Gasteiger partial charge in [0.25, 0.3) is 0 Å². The lowest BCUT2D eigenvalue weighted by atomic mass is 10.0. The number of carbonyl (C=O) groups is 1. The van der Waals surface area contributed by atoms with Gasteiger partial charge in [0.15, 0.2) is 0 Å². The van der Waals surface area contributed by atoms with E-state index in [2.05, 4.69) is 19.2 Å². The van der Waals surface area contributed by atoms with Crippen LogP contribution in [0.2, 0.25) is 0 Å². The van der Waals surface area contributed by atoms with Crippen LogP contribution in [0.5, 0.6) is 0 Å². The standard InChI is InChI=1S/C20H27N3O3S/c1-16(2)15-19(22-11-3-4-12-22)20(24)21-17-7-9-18(10-8-17)23-13-5-6-14-27(23,25)26/h3-4,7-12,16,19H,5-6,13-15H2,1-2H3,(H,21,24)/t19-/m0/s1. The van der Waals surface area contributed by atoms with Gasteiger partial charge in [-0.3, -0.25) is 9.10 Å². The summed E-state index contributed by atoms with van der Waals surface area (Å²) in [6.07, 6.45) is 6.12. The molecule has 0 aliphatic carbocycles. The molecule has 146 valence electrons. The SMILES string of the molecule is CC(C)C[C@@H](C(=O)Nc1ccc(N2CCCCS2(=O)=O)cc1)n1cccc1. The lowest BCUT2D eigenvalue weighted by molar-refractivity contribution is -0.119. The van der Waals surface area contributed by atoms with Crippen LogP contribution >= 0.6 is 0 Å². The molecule has 1 amide bonds. The van der Waals surface area contributed by atoms with Crippen LogP contribution in [0.1, 0.15) is 39.2 Å². The molecule has 1 saturated heterocycles. The van der Waals surface area contributed by atoms with Gasteiger partial charge in [0.05, 0.1) is 11.4 Å². The van der Waals surface area contributed by atoms with Gasteiger partial charge in [-0.2, -0.15) is 0 Å². The summed E-state index contributed by atoms with van der Waals surface area (Å²) < 4.78 is 27.8. The third-order valence-corrected chi connectivity index (χ3v) is 6.63. The maximum Gasteiger partial charge on any atom is 0.247 e. The van der Waals surface area contributed by atoms with Crippen LogP contribution in [0.15, 0.2) is 48.8 Å². The summed E-state index contributed by atoms with van der Waals surface area (Å²) in [5.74, 6) is 0.507. The lowest BCUT2D eigenvalue weighted by Crippen LogP contribution is -2.37. The fourth-order valence-corrected chi connectivity index (χ4v) is 5.02. The van der Waals surface area contributed by atoms with Crippen LogP contribution in [-0.2, 0) is 14.8 Å². The molecule has 6 nitrogen and oxygen atoms in total. The van der Waals surface area contributed by atoms with Gasteiger partial charge in [-0.1, -0.05) is 13.8 Å². The van der Waals surface area contributed by atoms with Crippen molar-refractivity contribution in [2.24, 2.45) is 5.92 Å². The lowest BCUT2D eigenvalue weighted by Gasteiger charge is -2.28. The predicted molar refractivity (Wildman–Crippen MR) is 108 cm³/mol. The fourth-order valence-electron chi connectivity index (χ4n) is 3.38. The van der Waals surface area contributed by atoms with Crippen molar-refractivity contribution in [2.75, 3.05) is 21.9 Å². The zero-order valence-corrected chi connectivity index (χ0v) is 16.7. The number of aromatic nitrogens is 1. The predicted octanol–water partition coefficient (Wildman–Crippen LogP) is 3.64. The molecule has 0 bridgehead atoms. The summed E-state index contributed by atoms with van der Waals surface area (Å²) in [4.78, 5) is 12.8. The van der Waals surface area contributed by atoms with Gasteiger partial charge in [0, 0.05) is 24.6 Å². The first-order chi connectivity index (χ1) is 12.9. The number of amides is 1. The minimum absolute atomic E-state index is 0.0711. The van der Waals surface area contributed by atoms with Crippen molar-refractivity contribution < 1.29 is 13.2 Å². The molecule has 1 aromatic heterocycles. The van der Waals surface area contributed by atoms with Gasteiger partial charge in [0.2, 0.25) is 15.9 Å². The Morgan fingerprint density at radius 3 is 2.37 bits per heavy atom. The summed E-state index contributed by atoms with van der Waals surface area (Å²) >= 11 is 0. The van der Waals surface area contributed by atoms with E-state index < -0.39 is 10.0 Å². The molecular formula is C20H27N3O3S. The van der Waals surface area contributed by atoms with E-state index in [0.29, 0.717) is 30.3 Å². The number of hydrogen-bond acceptors (Lipinski definition) is 3. The molecule has 1 atom stereocenters. The van der Waals surface area contributed by atoms with Gasteiger partial charge >= 0.3 is 0 Å². The average Bonchev–Trinajstić information content (AvgIpc) is 3.14. The molecule has 2 aromatic rings. The molecular weight excluding hydrogens is 362 g/mol. The van der Waals surface area contributed by atoms with Gasteiger partial charge in [-0.15, -0.1) is 0 Å². The summed E-state index contributed by atoms with van der Waals surface area (Å²) in [5.41, 5.74) is 1.32. The molecule has 1 aliphatic rings. The van der Waals surface area contributed by atoms with E-state index in [1.54, 1.807) is 24.3 Å². The van der Waals surface area contributed by atoms with Crippen LogP contribution < -0.4 is 9.62 Å². The Morgan fingerprint density at radius 1 is 1.11 bits per heavy atom. The van der Waals surface area contributed by atoms with E-state index in [9.17, 15) is 13.2 Å². The van der Waals surface area contributed by atoms with E-state index >= 15 is 0 Å². The van der Waals surface area contributed by atoms with Crippen LogP contribution in [-0.4, -0.2) is 31.2 Å². The number of sulfonamides is 1. The second kappa shape index (κ2) is 8.17. The minimum Gasteiger partial charge on any atom is -0.342 e. The summed E-state index contributed by atoms with van der Waals surface area (Å²) in [6.45, 7) is 4.70. The first-order valence-corrected chi connectivity index (χ1v) is 11.0. The van der Waals surface area contributed by atoms with Crippen LogP contribution in [0.25, 0.3) is 0 Å². The van der Waals surface area contributed by atoms with Crippen molar-refractivity contribution in [1.82, 2.24) is 4.57 Å². The molecule has 0 saturated carbocycles. The third kappa shape index (κ3) is 4.71. The highest BCUT2D eigenvalue weighted by molar-refractivity contribution is 7.92. The minimum atomic E-state index is -3.23. The van der Waals surface area contributed by atoms with Crippen LogP contribution in [0, 0.1) is 5.92 Å². The molecule has 2 heterocycles. The molecule has 1 fully saturated rings. The zero-order chi connectivity index (χ0) is 19.4. The van der Waals surface area contributed by atoms with Crippen molar-refractivity contribution in [1.29, 1.82) is 0 Å². The van der Waals surface area contributed by atoms with Crippen molar-refractivity contribution >= 4 is 27.3 Å². The van der Waals surface area contributed by atoms with Gasteiger partial charge in [-0.25, -0.2) is 8.42 Å². The first kappa shape index (κ1) is 19.5. The van der Waals surface area contributed by atoms with E-state index in [1.165, 1.54) is 4.31 Å². The number of benzene rings is 1. The van der Waals surface area contributed by atoms with Gasteiger partial charge in [0.1, 0.15) is 6.04 Å². The first-order valence-electron chi connectivity index (χ1n) is 9.40. The molecule has 27 heavy (non-hydrogen) atoms. The largest absolute Gasteiger partial charge is 0.342 e. The van der Waals surface area contributed by atoms with E-state index in [4.69, 9.17) is 0 Å². The van der Waals surface area contributed by atoms with E-state index in [1.807, 2.05) is 29.1 Å². The smallest absolute Gasteiger partial charge is 0.247 e. The second-order valence-corrected chi connectivity index (χ2v) is 9.42. The van der Waals surface area contributed by atoms with Crippen molar-refractivity contribution in [3.63, 3.8) is 0 Å².